The molecular formula is C31H28O14. The third-order valence-corrected chi connectivity index (χ3v) is 5.88. The van der Waals surface area contributed by atoms with Crippen LogP contribution in [0.25, 0.3) is 0 Å². The number of carboxylic acids is 3. The molecule has 6 N–H and O–H groups in total. The molecular weight excluding hydrogens is 596 g/mol. The summed E-state index contributed by atoms with van der Waals surface area (Å²) >= 11 is 0. The maximum Gasteiger partial charge on any atom is 0.339 e. The Balaban J connectivity index is 0.000000340. The van der Waals surface area contributed by atoms with Crippen molar-refractivity contribution in [1.82, 2.24) is 0 Å². The number of phenolic OH excluding ortho intramolecular Hbond substituents is 2. The number of benzene rings is 3. The number of aromatic carboxylic acids is 3. The highest BCUT2D eigenvalue weighted by Crippen LogP contribution is 2.27. The van der Waals surface area contributed by atoms with Gasteiger partial charge in [0.15, 0.2) is 28.9 Å². The second-order valence-corrected chi connectivity index (χ2v) is 9.27. The third-order valence-electron chi connectivity index (χ3n) is 5.88. The van der Waals surface area contributed by atoms with Crippen molar-refractivity contribution in [3.05, 3.63) is 87.0 Å². The zero-order valence-corrected chi connectivity index (χ0v) is 24.5. The van der Waals surface area contributed by atoms with Gasteiger partial charge in [-0.2, -0.15) is 0 Å². The molecule has 0 aliphatic rings. The van der Waals surface area contributed by atoms with Crippen LogP contribution in [0, 0.1) is 0 Å². The van der Waals surface area contributed by atoms with E-state index in [1.807, 2.05) is 0 Å². The minimum Gasteiger partial charge on any atom is -0.507 e. The summed E-state index contributed by atoms with van der Waals surface area (Å²) < 4.78 is 0. The first-order valence-corrected chi connectivity index (χ1v) is 12.5. The number of carbonyl (C=O) groups is 8. The van der Waals surface area contributed by atoms with Gasteiger partial charge in [0.05, 0.1) is 22.3 Å². The molecule has 236 valence electrons. The lowest BCUT2D eigenvalue weighted by atomic mass is 9.98. The number of ketones is 5. The van der Waals surface area contributed by atoms with E-state index in [0.717, 1.165) is 0 Å². The maximum absolute atomic E-state index is 11.2. The number of carbonyl (C=O) groups excluding carboxylic acids is 5. The number of rotatable bonds is 8. The fraction of sp³-hybridized carbons (Fsp3) is 0.161. The van der Waals surface area contributed by atoms with Gasteiger partial charge in [0.25, 0.3) is 0 Å². The second kappa shape index (κ2) is 15.3. The monoisotopic (exact) mass is 624 g/mol. The smallest absolute Gasteiger partial charge is 0.339 e. The molecule has 0 aromatic heterocycles. The summed E-state index contributed by atoms with van der Waals surface area (Å²) in [5, 5.41) is 54.1. The van der Waals surface area contributed by atoms with E-state index in [1.54, 1.807) is 0 Å². The lowest BCUT2D eigenvalue weighted by Gasteiger charge is -2.07. The summed E-state index contributed by atoms with van der Waals surface area (Å²) in [4.78, 5) is 87.4. The zero-order valence-electron chi connectivity index (χ0n) is 24.5. The largest absolute Gasteiger partial charge is 0.507 e. The van der Waals surface area contributed by atoms with Gasteiger partial charge in [0, 0.05) is 11.1 Å². The van der Waals surface area contributed by atoms with E-state index in [9.17, 15) is 53.7 Å². The van der Waals surface area contributed by atoms with E-state index in [0.29, 0.717) is 17.7 Å². The van der Waals surface area contributed by atoms with Gasteiger partial charge in [-0.1, -0.05) is 0 Å². The van der Waals surface area contributed by atoms with Crippen molar-refractivity contribution in [3.8, 4) is 17.2 Å². The van der Waals surface area contributed by atoms with Crippen molar-refractivity contribution < 1.29 is 69.0 Å². The zero-order chi connectivity index (χ0) is 34.9. The predicted octanol–water partition coefficient (Wildman–Crippen LogP) is 4.28. The van der Waals surface area contributed by atoms with E-state index >= 15 is 0 Å². The number of hydrogen-bond donors (Lipinski definition) is 6. The molecule has 45 heavy (non-hydrogen) atoms. The van der Waals surface area contributed by atoms with Gasteiger partial charge in [-0.15, -0.1) is 0 Å². The number of Topliss-reactive ketones (excluding diaryl/α,β-unsaturated/α-hetero) is 5. The topological polar surface area (TPSA) is 258 Å². The predicted molar refractivity (Wildman–Crippen MR) is 155 cm³/mol. The standard InChI is InChI=1S/C12H12O4.C10H10O3.C9H6O7/c1-6(13)9-4-10(7(2)14)12(16)11(5-9)8(3)15;1-6(11)8-3-4-10(13)9(5-8)7(2)12;10-6-4(8(13)14)1-3(7(11)12)2-5(6)9(15)16/h4-5,16H,1-3H3;3-5,13H,1-2H3;1-2,10H,(H,11,12)(H,13,14)(H,15,16). The van der Waals surface area contributed by atoms with Crippen molar-refractivity contribution in [1.29, 1.82) is 0 Å². The lowest BCUT2D eigenvalue weighted by molar-refractivity contribution is 0.0688. The van der Waals surface area contributed by atoms with Crippen molar-refractivity contribution >= 4 is 46.8 Å². The Morgan fingerprint density at radius 3 is 1.04 bits per heavy atom. The molecule has 14 heteroatoms. The number of aromatic hydroxyl groups is 3. The molecule has 0 radical (unpaired) electrons. The second-order valence-electron chi connectivity index (χ2n) is 9.27. The molecule has 0 atom stereocenters. The molecule has 3 rings (SSSR count). The highest BCUT2D eigenvalue weighted by Gasteiger charge is 2.22. The van der Waals surface area contributed by atoms with Crippen molar-refractivity contribution in [2.24, 2.45) is 0 Å². The van der Waals surface area contributed by atoms with Crippen LogP contribution in [0.5, 0.6) is 17.2 Å². The van der Waals surface area contributed by atoms with Crippen LogP contribution < -0.4 is 0 Å². The normalized spacial score (nSPS) is 9.80. The van der Waals surface area contributed by atoms with Gasteiger partial charge in [-0.25, -0.2) is 14.4 Å². The minimum absolute atomic E-state index is 0.00194. The Labute approximate surface area is 254 Å². The van der Waals surface area contributed by atoms with Crippen LogP contribution in [0.2, 0.25) is 0 Å². The van der Waals surface area contributed by atoms with Gasteiger partial charge in [-0.05, 0) is 77.1 Å². The van der Waals surface area contributed by atoms with E-state index in [1.165, 1.54) is 65.0 Å². The maximum atomic E-state index is 11.2. The Morgan fingerprint density at radius 2 is 0.733 bits per heavy atom. The van der Waals surface area contributed by atoms with Crippen molar-refractivity contribution in [2.75, 3.05) is 0 Å². The van der Waals surface area contributed by atoms with E-state index in [-0.39, 0.29) is 62.7 Å². The first-order chi connectivity index (χ1) is 20.7. The molecule has 0 amide bonds. The molecule has 0 spiro atoms. The lowest BCUT2D eigenvalue weighted by Crippen LogP contribution is -2.08. The van der Waals surface area contributed by atoms with Crippen LogP contribution in [-0.4, -0.2) is 77.5 Å². The molecule has 0 aliphatic heterocycles. The number of phenols is 3. The summed E-state index contributed by atoms with van der Waals surface area (Å²) in [6.07, 6.45) is 0. The first-order valence-electron chi connectivity index (χ1n) is 12.5. The Morgan fingerprint density at radius 1 is 0.400 bits per heavy atom. The highest BCUT2D eigenvalue weighted by atomic mass is 16.4. The summed E-state index contributed by atoms with van der Waals surface area (Å²) in [6, 6.07) is 8.22. The SMILES string of the molecule is CC(=O)c1cc(C(C)=O)c(O)c(C(C)=O)c1.CC(=O)c1ccc(O)c(C(C)=O)c1.O=C(O)c1cc(C(=O)O)c(O)c(C(=O)O)c1. The van der Waals surface area contributed by atoms with E-state index in [4.69, 9.17) is 15.3 Å². The van der Waals surface area contributed by atoms with Gasteiger partial charge >= 0.3 is 17.9 Å². The van der Waals surface area contributed by atoms with Gasteiger partial charge < -0.3 is 30.6 Å². The first kappa shape index (κ1) is 36.8. The molecule has 0 saturated carbocycles. The molecule has 0 saturated heterocycles. The van der Waals surface area contributed by atoms with Crippen LogP contribution in [0.4, 0.5) is 0 Å². The van der Waals surface area contributed by atoms with Crippen molar-refractivity contribution in [3.63, 3.8) is 0 Å². The Bertz CT molecular complexity index is 1590. The van der Waals surface area contributed by atoms with Gasteiger partial charge in [0.2, 0.25) is 0 Å². The molecule has 0 fully saturated rings. The molecule has 3 aromatic rings. The average molecular weight is 625 g/mol. The molecule has 0 unspecified atom stereocenters. The fourth-order valence-corrected chi connectivity index (χ4v) is 3.50. The number of hydrogen-bond acceptors (Lipinski definition) is 11. The quantitative estimate of drug-likeness (QED) is 0.191. The summed E-state index contributed by atoms with van der Waals surface area (Å²) in [5.41, 5.74) is -1.19. The Kier molecular flexibility index (Phi) is 12.6. The van der Waals surface area contributed by atoms with Crippen LogP contribution in [0.15, 0.2) is 42.5 Å². The summed E-state index contributed by atoms with van der Waals surface area (Å²) in [6.45, 7) is 6.63. The van der Waals surface area contributed by atoms with Crippen LogP contribution in [-0.2, 0) is 0 Å². The van der Waals surface area contributed by atoms with Crippen LogP contribution in [0.1, 0.15) is 117 Å². The van der Waals surface area contributed by atoms with E-state index in [2.05, 4.69) is 0 Å². The molecule has 0 bridgehead atoms. The number of carboxylic acid groups (broad SMARTS) is 3. The minimum atomic E-state index is -1.61. The molecule has 0 aliphatic carbocycles. The molecule has 0 heterocycles. The van der Waals surface area contributed by atoms with Crippen molar-refractivity contribution in [2.45, 2.75) is 34.6 Å². The highest BCUT2D eigenvalue weighted by molar-refractivity contribution is 6.08. The fourth-order valence-electron chi connectivity index (χ4n) is 3.50. The van der Waals surface area contributed by atoms with Gasteiger partial charge in [0.1, 0.15) is 28.4 Å². The Hall–Kier alpha value is -6.18. The molecule has 3 aromatic carbocycles. The van der Waals surface area contributed by atoms with Gasteiger partial charge in [-0.3, -0.25) is 24.0 Å². The summed E-state index contributed by atoms with van der Waals surface area (Å²) in [5.74, 6) is -7.51. The third kappa shape index (κ3) is 9.68. The average Bonchev–Trinajstić information content (AvgIpc) is 2.92. The van der Waals surface area contributed by atoms with Crippen LogP contribution >= 0.6 is 0 Å². The van der Waals surface area contributed by atoms with Crippen LogP contribution in [0.3, 0.4) is 0 Å². The summed E-state index contributed by atoms with van der Waals surface area (Å²) in [7, 11) is 0. The van der Waals surface area contributed by atoms with E-state index < -0.39 is 40.3 Å². The molecule has 14 nitrogen and oxygen atoms in total.